The normalized spacial score (nSPS) is 11.3. The van der Waals surface area contributed by atoms with E-state index in [-0.39, 0.29) is 17.3 Å². The highest BCUT2D eigenvalue weighted by Crippen LogP contribution is 2.16. The average molecular weight is 385 g/mol. The zero-order valence-corrected chi connectivity index (χ0v) is 15.5. The summed E-state index contributed by atoms with van der Waals surface area (Å²) in [6.07, 6.45) is 1.51. The number of carbonyl (C=O) groups is 1. The molecule has 2 aromatic heterocycles. The van der Waals surface area contributed by atoms with Gasteiger partial charge in [-0.2, -0.15) is 9.78 Å². The molecule has 0 spiro atoms. The fourth-order valence-corrected chi connectivity index (χ4v) is 2.34. The van der Waals surface area contributed by atoms with Crippen LogP contribution in [0, 0.1) is 0 Å². The molecule has 12 heteroatoms. The van der Waals surface area contributed by atoms with E-state index in [0.29, 0.717) is 12.2 Å². The highest BCUT2D eigenvalue weighted by molar-refractivity contribution is 5.94. The van der Waals surface area contributed by atoms with E-state index in [1.165, 1.54) is 10.9 Å². The molecule has 146 valence electrons. The Bertz CT molecular complexity index is 976. The van der Waals surface area contributed by atoms with Crippen LogP contribution in [0.1, 0.15) is 21.7 Å². The summed E-state index contributed by atoms with van der Waals surface area (Å²) < 4.78 is 11.0. The lowest BCUT2D eigenvalue weighted by atomic mass is 10.2. The van der Waals surface area contributed by atoms with Crippen LogP contribution < -0.4 is 15.9 Å². The topological polar surface area (TPSA) is 150 Å². The van der Waals surface area contributed by atoms with Crippen LogP contribution in [0.5, 0.6) is 5.75 Å². The van der Waals surface area contributed by atoms with Gasteiger partial charge < -0.3 is 15.4 Å². The van der Waals surface area contributed by atoms with Crippen molar-refractivity contribution in [3.63, 3.8) is 0 Å². The molecule has 0 aliphatic rings. The Morgan fingerprint density at radius 3 is 2.71 bits per heavy atom. The number of methoxy groups -OCH3 is 1. The first-order valence-electron chi connectivity index (χ1n) is 8.14. The number of amides is 1. The quantitative estimate of drug-likeness (QED) is 0.425. The Morgan fingerprint density at radius 2 is 2.11 bits per heavy atom. The highest BCUT2D eigenvalue weighted by atomic mass is 16.6. The van der Waals surface area contributed by atoms with Gasteiger partial charge in [-0.1, -0.05) is 5.21 Å². The maximum Gasteiger partial charge on any atom is 0.293 e. The molecule has 12 nitrogen and oxygen atoms in total. The van der Waals surface area contributed by atoms with Crippen molar-refractivity contribution in [2.24, 2.45) is 5.10 Å². The first-order chi connectivity index (χ1) is 13.5. The maximum atomic E-state index is 12.5. The molecule has 0 fully saturated rings. The van der Waals surface area contributed by atoms with E-state index in [0.717, 1.165) is 11.3 Å². The summed E-state index contributed by atoms with van der Waals surface area (Å²) in [6.45, 7) is 0.351. The number of nitrogens with one attached hydrogen (secondary N) is 1. The third kappa shape index (κ3) is 4.12. The lowest BCUT2D eigenvalue weighted by Crippen LogP contribution is -2.23. The van der Waals surface area contributed by atoms with Crippen molar-refractivity contribution >= 4 is 17.9 Å². The average Bonchev–Trinajstić information content (AvgIpc) is 3.27. The first-order valence-corrected chi connectivity index (χ1v) is 8.14. The van der Waals surface area contributed by atoms with Crippen molar-refractivity contribution in [1.29, 1.82) is 0 Å². The molecule has 0 atom stereocenters. The van der Waals surface area contributed by atoms with Crippen LogP contribution >= 0.6 is 0 Å². The molecule has 2 heterocycles. The zero-order valence-electron chi connectivity index (χ0n) is 15.5. The molecule has 3 aromatic rings. The molecular formula is C16H19N9O3. The lowest BCUT2D eigenvalue weighted by Gasteiger charge is -2.11. The van der Waals surface area contributed by atoms with Crippen LogP contribution in [0.3, 0.4) is 0 Å². The Balaban J connectivity index is 1.79. The van der Waals surface area contributed by atoms with Gasteiger partial charge in [0.2, 0.25) is 11.6 Å². The fraction of sp³-hybridized carbons (Fsp3) is 0.250. The largest absolute Gasteiger partial charge is 0.497 e. The van der Waals surface area contributed by atoms with Crippen molar-refractivity contribution < 1.29 is 14.2 Å². The number of nitrogens with zero attached hydrogens (tertiary/aromatic N) is 7. The van der Waals surface area contributed by atoms with E-state index >= 15 is 0 Å². The predicted octanol–water partition coefficient (Wildman–Crippen LogP) is 0.0666. The second-order valence-electron chi connectivity index (χ2n) is 5.98. The van der Waals surface area contributed by atoms with E-state index in [9.17, 15) is 4.79 Å². The Hall–Kier alpha value is -3.80. The standard InChI is InChI=1S/C16H19N9O3/c1-24(2)9-12-13(19-23-25(12)15-14(17)21-28-22-15)16(26)20-18-8-10-4-6-11(27-3)7-5-10/h4-8H,9H2,1-3H3,(H2,17,21)(H,20,26)/b18-8-. The molecule has 1 amide bonds. The van der Waals surface area contributed by atoms with E-state index in [1.54, 1.807) is 19.2 Å². The number of hydrogen-bond acceptors (Lipinski definition) is 10. The highest BCUT2D eigenvalue weighted by Gasteiger charge is 2.24. The van der Waals surface area contributed by atoms with Gasteiger partial charge in [-0.15, -0.1) is 5.10 Å². The number of ether oxygens (including phenoxy) is 1. The van der Waals surface area contributed by atoms with E-state index in [1.807, 2.05) is 31.1 Å². The molecule has 3 N–H and O–H groups in total. The van der Waals surface area contributed by atoms with Crippen molar-refractivity contribution in [3.8, 4) is 11.6 Å². The van der Waals surface area contributed by atoms with Gasteiger partial charge in [0, 0.05) is 6.54 Å². The molecule has 0 radical (unpaired) electrons. The lowest BCUT2D eigenvalue weighted by molar-refractivity contribution is 0.0948. The van der Waals surface area contributed by atoms with Crippen molar-refractivity contribution in [2.75, 3.05) is 26.9 Å². The molecule has 0 aliphatic carbocycles. The minimum Gasteiger partial charge on any atom is -0.497 e. The Labute approximate surface area is 159 Å². The monoisotopic (exact) mass is 385 g/mol. The van der Waals surface area contributed by atoms with Crippen molar-refractivity contribution in [1.82, 2.24) is 35.6 Å². The molecule has 0 bridgehead atoms. The molecule has 28 heavy (non-hydrogen) atoms. The molecule has 0 saturated carbocycles. The molecule has 3 rings (SSSR count). The minimum atomic E-state index is -0.525. The number of anilines is 1. The third-order valence-electron chi connectivity index (χ3n) is 3.64. The van der Waals surface area contributed by atoms with Gasteiger partial charge in [-0.05, 0) is 54.2 Å². The number of hydrogen-bond donors (Lipinski definition) is 2. The van der Waals surface area contributed by atoms with Gasteiger partial charge >= 0.3 is 0 Å². The van der Waals surface area contributed by atoms with Crippen LogP contribution in [-0.4, -0.2) is 63.5 Å². The maximum absolute atomic E-state index is 12.5. The number of aromatic nitrogens is 5. The fourth-order valence-electron chi connectivity index (χ4n) is 2.34. The molecule has 0 unspecified atom stereocenters. The summed E-state index contributed by atoms with van der Waals surface area (Å²) in [5.41, 5.74) is 9.50. The van der Waals surface area contributed by atoms with Crippen molar-refractivity contribution in [2.45, 2.75) is 6.54 Å². The van der Waals surface area contributed by atoms with Crippen LogP contribution in [0.15, 0.2) is 34.0 Å². The second kappa shape index (κ2) is 8.26. The summed E-state index contributed by atoms with van der Waals surface area (Å²) in [5.74, 6) is 0.398. The van der Waals surface area contributed by atoms with Gasteiger partial charge in [0.15, 0.2) is 5.69 Å². The minimum absolute atomic E-state index is 0.0365. The van der Waals surface area contributed by atoms with Crippen LogP contribution in [0.4, 0.5) is 5.82 Å². The summed E-state index contributed by atoms with van der Waals surface area (Å²) in [5, 5.41) is 19.1. The number of carbonyl (C=O) groups excluding carboxylic acids is 1. The molecular weight excluding hydrogens is 366 g/mol. The number of rotatable bonds is 7. The number of nitrogens with two attached hydrogens (primary N) is 1. The summed E-state index contributed by atoms with van der Waals surface area (Å²) in [6, 6.07) is 7.20. The van der Waals surface area contributed by atoms with Gasteiger partial charge in [0.05, 0.1) is 19.0 Å². The predicted molar refractivity (Wildman–Crippen MR) is 99.1 cm³/mol. The first kappa shape index (κ1) is 19.0. The number of benzene rings is 1. The molecule has 0 saturated heterocycles. The van der Waals surface area contributed by atoms with Crippen molar-refractivity contribution in [3.05, 3.63) is 41.2 Å². The number of nitrogen functional groups attached to an aromatic ring is 1. The summed E-state index contributed by atoms with van der Waals surface area (Å²) in [4.78, 5) is 14.4. The SMILES string of the molecule is COc1ccc(/C=N\NC(=O)c2nnn(-c3nonc3N)c2CN(C)C)cc1. The van der Waals surface area contributed by atoms with Crippen LogP contribution in [-0.2, 0) is 6.54 Å². The smallest absolute Gasteiger partial charge is 0.293 e. The van der Waals surface area contributed by atoms with Gasteiger partial charge in [0.1, 0.15) is 5.75 Å². The third-order valence-corrected chi connectivity index (χ3v) is 3.64. The second-order valence-corrected chi connectivity index (χ2v) is 5.98. The van der Waals surface area contributed by atoms with Gasteiger partial charge in [-0.25, -0.2) is 10.1 Å². The Kier molecular flexibility index (Phi) is 5.60. The van der Waals surface area contributed by atoms with E-state index in [4.69, 9.17) is 10.5 Å². The van der Waals surface area contributed by atoms with E-state index in [2.05, 4.69) is 35.8 Å². The zero-order chi connectivity index (χ0) is 20.1. The van der Waals surface area contributed by atoms with Crippen LogP contribution in [0.2, 0.25) is 0 Å². The summed E-state index contributed by atoms with van der Waals surface area (Å²) >= 11 is 0. The number of hydrazone groups is 1. The van der Waals surface area contributed by atoms with Crippen LogP contribution in [0.25, 0.3) is 5.82 Å². The summed E-state index contributed by atoms with van der Waals surface area (Å²) in [7, 11) is 5.26. The molecule has 1 aromatic carbocycles. The van der Waals surface area contributed by atoms with Gasteiger partial charge in [-0.3, -0.25) is 4.79 Å². The van der Waals surface area contributed by atoms with E-state index < -0.39 is 5.91 Å². The van der Waals surface area contributed by atoms with Gasteiger partial charge in [0.25, 0.3) is 5.91 Å². The molecule has 0 aliphatic heterocycles. The Morgan fingerprint density at radius 1 is 1.36 bits per heavy atom.